The Hall–Kier alpha value is -3.15. The zero-order valence-corrected chi connectivity index (χ0v) is 14.1. The minimum Gasteiger partial charge on any atom is -0.507 e. The molecule has 3 rings (SSSR count). The van der Waals surface area contributed by atoms with Gasteiger partial charge in [-0.15, -0.1) is 0 Å². The van der Waals surface area contributed by atoms with E-state index in [0.717, 1.165) is 17.0 Å². The number of aromatic nitrogens is 3. The molecule has 0 atom stereocenters. The number of phenolic OH excluding ortho intramolecular Hbond substituents is 1. The number of carbonyl (C=O) groups is 1. The van der Waals surface area contributed by atoms with Gasteiger partial charge in [0.1, 0.15) is 23.8 Å². The number of aromatic hydroxyl groups is 1. The fraction of sp³-hybridized carbons (Fsp3) is 0.211. The molecule has 0 fully saturated rings. The first-order valence-electron chi connectivity index (χ1n) is 7.99. The lowest BCUT2D eigenvalue weighted by Gasteiger charge is -2.11. The summed E-state index contributed by atoms with van der Waals surface area (Å²) >= 11 is 0. The fourth-order valence-electron chi connectivity index (χ4n) is 2.47. The number of nitrogens with zero attached hydrogens (tertiary/aromatic N) is 3. The van der Waals surface area contributed by atoms with Gasteiger partial charge < -0.3 is 9.84 Å². The van der Waals surface area contributed by atoms with Crippen molar-refractivity contribution in [2.75, 3.05) is 0 Å². The van der Waals surface area contributed by atoms with Crippen LogP contribution >= 0.6 is 0 Å². The normalized spacial score (nSPS) is 10.8. The van der Waals surface area contributed by atoms with Gasteiger partial charge in [-0.25, -0.2) is 0 Å². The number of carbonyl (C=O) groups excluding carboxylic acids is 1. The number of rotatable bonds is 6. The van der Waals surface area contributed by atoms with Crippen LogP contribution in [-0.4, -0.2) is 26.2 Å². The maximum Gasteiger partial charge on any atom is 0.157 e. The second-order valence-electron chi connectivity index (χ2n) is 5.88. The lowest BCUT2D eigenvalue weighted by atomic mass is 10.1. The Bertz CT molecular complexity index is 887. The average molecular weight is 337 g/mol. The first-order valence-corrected chi connectivity index (χ1v) is 7.99. The first-order chi connectivity index (χ1) is 12.1. The van der Waals surface area contributed by atoms with Crippen LogP contribution in [0.1, 0.15) is 35.8 Å². The summed E-state index contributed by atoms with van der Waals surface area (Å²) in [5, 5.41) is 14.3. The number of benzene rings is 1. The van der Waals surface area contributed by atoms with E-state index in [9.17, 15) is 9.90 Å². The number of ether oxygens (including phenoxy) is 1. The van der Waals surface area contributed by atoms with Gasteiger partial charge in [-0.05, 0) is 38.1 Å². The van der Waals surface area contributed by atoms with E-state index in [-0.39, 0.29) is 24.0 Å². The predicted octanol–water partition coefficient (Wildman–Crippen LogP) is 3.62. The third-order valence-electron chi connectivity index (χ3n) is 3.82. The van der Waals surface area contributed by atoms with Gasteiger partial charge in [-0.3, -0.25) is 14.5 Å². The van der Waals surface area contributed by atoms with E-state index in [1.807, 2.05) is 29.1 Å². The zero-order chi connectivity index (χ0) is 17.8. The molecule has 128 valence electrons. The fourth-order valence-corrected chi connectivity index (χ4v) is 2.47. The van der Waals surface area contributed by atoms with Gasteiger partial charge in [0.2, 0.25) is 0 Å². The summed E-state index contributed by atoms with van der Waals surface area (Å²) in [7, 11) is 0. The Morgan fingerprint density at radius 2 is 2.08 bits per heavy atom. The van der Waals surface area contributed by atoms with Gasteiger partial charge in [0.15, 0.2) is 6.29 Å². The van der Waals surface area contributed by atoms with Crippen LogP contribution in [0.25, 0.3) is 11.4 Å². The molecule has 0 aliphatic carbocycles. The molecule has 3 aromatic rings. The molecule has 1 N–H and O–H groups in total. The third-order valence-corrected chi connectivity index (χ3v) is 3.82. The van der Waals surface area contributed by atoms with Crippen LogP contribution in [0.5, 0.6) is 11.5 Å². The molecule has 6 nitrogen and oxygen atoms in total. The van der Waals surface area contributed by atoms with Gasteiger partial charge in [0.25, 0.3) is 0 Å². The third kappa shape index (κ3) is 3.52. The Morgan fingerprint density at radius 3 is 2.80 bits per heavy atom. The highest BCUT2D eigenvalue weighted by atomic mass is 16.5. The van der Waals surface area contributed by atoms with E-state index < -0.39 is 0 Å². The number of hydrogen-bond donors (Lipinski definition) is 1. The second kappa shape index (κ2) is 7.17. The maximum atomic E-state index is 11.1. The molecule has 0 aliphatic heterocycles. The highest BCUT2D eigenvalue weighted by Crippen LogP contribution is 2.27. The Kier molecular flexibility index (Phi) is 4.79. The second-order valence-corrected chi connectivity index (χ2v) is 5.88. The van der Waals surface area contributed by atoms with Crippen molar-refractivity contribution in [2.45, 2.75) is 26.5 Å². The zero-order valence-electron chi connectivity index (χ0n) is 14.1. The maximum absolute atomic E-state index is 11.1. The Morgan fingerprint density at radius 1 is 1.24 bits per heavy atom. The Labute approximate surface area is 145 Å². The standard InChI is InChI=1S/C19H19N3O3/c1-13(2)22-10-8-16(21-22)19-14(5-4-9-20-19)12-25-18-7-3-6-17(24)15(18)11-23/h3-11,13,24H,12H2,1-2H3. The van der Waals surface area contributed by atoms with Crippen molar-refractivity contribution in [3.05, 3.63) is 59.9 Å². The molecule has 1 aromatic carbocycles. The largest absolute Gasteiger partial charge is 0.507 e. The van der Waals surface area contributed by atoms with Crippen LogP contribution in [-0.2, 0) is 6.61 Å². The number of aldehydes is 1. The number of hydrogen-bond acceptors (Lipinski definition) is 5. The molecular formula is C19H19N3O3. The summed E-state index contributed by atoms with van der Waals surface area (Å²) < 4.78 is 7.61. The molecule has 0 aliphatic rings. The van der Waals surface area contributed by atoms with E-state index in [0.29, 0.717) is 12.0 Å². The van der Waals surface area contributed by atoms with Crippen molar-refractivity contribution in [3.63, 3.8) is 0 Å². The average Bonchev–Trinajstić information content (AvgIpc) is 3.10. The van der Waals surface area contributed by atoms with Crippen molar-refractivity contribution in [1.82, 2.24) is 14.8 Å². The van der Waals surface area contributed by atoms with Crippen molar-refractivity contribution in [3.8, 4) is 22.9 Å². The number of pyridine rings is 1. The lowest BCUT2D eigenvalue weighted by molar-refractivity contribution is 0.111. The summed E-state index contributed by atoms with van der Waals surface area (Å²) in [5.74, 6) is 0.229. The van der Waals surface area contributed by atoms with Crippen LogP contribution in [0.4, 0.5) is 0 Å². The van der Waals surface area contributed by atoms with Crippen molar-refractivity contribution in [1.29, 1.82) is 0 Å². The summed E-state index contributed by atoms with van der Waals surface area (Å²) in [4.78, 5) is 15.6. The molecule has 2 heterocycles. The van der Waals surface area contributed by atoms with Crippen molar-refractivity contribution in [2.24, 2.45) is 0 Å². The van der Waals surface area contributed by atoms with Crippen LogP contribution in [0.2, 0.25) is 0 Å². The molecular weight excluding hydrogens is 318 g/mol. The van der Waals surface area contributed by atoms with Crippen LogP contribution in [0.3, 0.4) is 0 Å². The highest BCUT2D eigenvalue weighted by Gasteiger charge is 2.13. The monoisotopic (exact) mass is 337 g/mol. The highest BCUT2D eigenvalue weighted by molar-refractivity contribution is 5.83. The molecule has 25 heavy (non-hydrogen) atoms. The van der Waals surface area contributed by atoms with Gasteiger partial charge in [0.05, 0.1) is 11.3 Å². The van der Waals surface area contributed by atoms with E-state index >= 15 is 0 Å². The summed E-state index contributed by atoms with van der Waals surface area (Å²) in [6.07, 6.45) is 4.20. The smallest absolute Gasteiger partial charge is 0.157 e. The molecule has 0 spiro atoms. The molecule has 0 bridgehead atoms. The van der Waals surface area contributed by atoms with Gasteiger partial charge >= 0.3 is 0 Å². The quantitative estimate of drug-likeness (QED) is 0.695. The summed E-state index contributed by atoms with van der Waals surface area (Å²) in [6, 6.07) is 10.6. The molecule has 0 radical (unpaired) electrons. The van der Waals surface area contributed by atoms with Gasteiger partial charge in [0, 0.05) is 24.0 Å². The topological polar surface area (TPSA) is 77.2 Å². The molecule has 2 aromatic heterocycles. The molecule has 0 unspecified atom stereocenters. The minimum atomic E-state index is -0.102. The minimum absolute atomic E-state index is 0.102. The molecule has 0 saturated heterocycles. The van der Waals surface area contributed by atoms with E-state index in [2.05, 4.69) is 23.9 Å². The van der Waals surface area contributed by atoms with Gasteiger partial charge in [-0.1, -0.05) is 12.1 Å². The molecule has 0 amide bonds. The van der Waals surface area contributed by atoms with Crippen LogP contribution < -0.4 is 4.74 Å². The molecule has 0 saturated carbocycles. The van der Waals surface area contributed by atoms with E-state index in [1.54, 1.807) is 18.3 Å². The van der Waals surface area contributed by atoms with Gasteiger partial charge in [-0.2, -0.15) is 5.10 Å². The number of phenols is 1. The van der Waals surface area contributed by atoms with Crippen LogP contribution in [0.15, 0.2) is 48.8 Å². The van der Waals surface area contributed by atoms with E-state index in [4.69, 9.17) is 4.74 Å². The van der Waals surface area contributed by atoms with Crippen molar-refractivity contribution < 1.29 is 14.6 Å². The predicted molar refractivity (Wildman–Crippen MR) is 93.7 cm³/mol. The SMILES string of the molecule is CC(C)n1ccc(-c2ncccc2COc2cccc(O)c2C=O)n1. The van der Waals surface area contributed by atoms with E-state index in [1.165, 1.54) is 6.07 Å². The molecule has 6 heteroatoms. The Balaban J connectivity index is 1.87. The van der Waals surface area contributed by atoms with Crippen LogP contribution in [0, 0.1) is 0 Å². The summed E-state index contributed by atoms with van der Waals surface area (Å²) in [6.45, 7) is 4.33. The lowest BCUT2D eigenvalue weighted by Crippen LogP contribution is -2.03. The first kappa shape index (κ1) is 16.7. The van der Waals surface area contributed by atoms with Crippen molar-refractivity contribution >= 4 is 6.29 Å². The summed E-state index contributed by atoms with van der Waals surface area (Å²) in [5.41, 5.74) is 2.47.